The number of hydrogen-bond donors (Lipinski definition) is 4. The van der Waals surface area contributed by atoms with E-state index in [9.17, 15) is 14.4 Å². The Morgan fingerprint density at radius 2 is 1.00 bits per heavy atom. The van der Waals surface area contributed by atoms with Gasteiger partial charge in [-0.1, -0.05) is 61.3 Å². The molecule has 0 aliphatic heterocycles. The molecule has 10 heteroatoms. The first-order valence-electron chi connectivity index (χ1n) is 18.4. The zero-order valence-electron chi connectivity index (χ0n) is 31.3. The summed E-state index contributed by atoms with van der Waals surface area (Å²) in [5.41, 5.74) is 5.43. The first-order valence-corrected chi connectivity index (χ1v) is 19.5. The number of aliphatic hydroxyl groups excluding tert-OH is 2. The van der Waals surface area contributed by atoms with Crippen LogP contribution < -0.4 is 9.47 Å². The Morgan fingerprint density at radius 3 is 1.42 bits per heavy atom. The van der Waals surface area contributed by atoms with Gasteiger partial charge in [0, 0.05) is 46.0 Å². The van der Waals surface area contributed by atoms with Gasteiger partial charge in [-0.15, -0.1) is 0 Å². The molecule has 0 saturated heterocycles. The van der Waals surface area contributed by atoms with E-state index < -0.39 is 17.9 Å². The molecule has 0 saturated carbocycles. The lowest BCUT2D eigenvalue weighted by molar-refractivity contribution is 0.0492. The van der Waals surface area contributed by atoms with E-state index in [1.54, 1.807) is 48.5 Å². The number of aliphatic hydroxyl groups is 2. The third-order valence-corrected chi connectivity index (χ3v) is 9.77. The van der Waals surface area contributed by atoms with Gasteiger partial charge in [0.1, 0.15) is 17.1 Å². The topological polar surface area (TPSA) is 119 Å². The van der Waals surface area contributed by atoms with Crippen LogP contribution in [-0.2, 0) is 4.74 Å². The highest BCUT2D eigenvalue weighted by molar-refractivity contribution is 7.80. The highest BCUT2D eigenvalue weighted by Crippen LogP contribution is 2.28. The summed E-state index contributed by atoms with van der Waals surface area (Å²) in [6, 6.07) is 32.6. The molecule has 57 heavy (non-hydrogen) atoms. The maximum absolute atomic E-state index is 13.2. The van der Waals surface area contributed by atoms with Crippen molar-refractivity contribution in [1.29, 1.82) is 0 Å². The van der Waals surface area contributed by atoms with Gasteiger partial charge in [-0.05, 0) is 121 Å². The van der Waals surface area contributed by atoms with E-state index in [1.165, 1.54) is 18.2 Å². The Kier molecular flexibility index (Phi) is 16.0. The van der Waals surface area contributed by atoms with E-state index in [0.29, 0.717) is 30.4 Å². The second-order valence-corrected chi connectivity index (χ2v) is 14.1. The third kappa shape index (κ3) is 12.6. The molecule has 0 bridgehead atoms. The fourth-order valence-electron chi connectivity index (χ4n) is 5.36. The zero-order chi connectivity index (χ0) is 40.6. The first kappa shape index (κ1) is 42.4. The number of benzene rings is 5. The molecule has 2 N–H and O–H groups in total. The molecule has 0 radical (unpaired) electrons. The van der Waals surface area contributed by atoms with Crippen LogP contribution in [0.15, 0.2) is 115 Å². The highest BCUT2D eigenvalue weighted by atomic mass is 32.1. The van der Waals surface area contributed by atoms with E-state index in [-0.39, 0.29) is 58.5 Å². The molecule has 0 spiro atoms. The molecule has 5 rings (SSSR count). The van der Waals surface area contributed by atoms with Gasteiger partial charge < -0.3 is 24.4 Å². The summed E-state index contributed by atoms with van der Waals surface area (Å²) in [4.78, 5) is 39.4. The Bertz CT molecular complexity index is 2260. The predicted molar refractivity (Wildman–Crippen MR) is 226 cm³/mol. The molecule has 0 amide bonds. The maximum atomic E-state index is 13.2. The summed E-state index contributed by atoms with van der Waals surface area (Å²) in [5.74, 6) is 10.3. The molecular weight excluding hydrogens is 757 g/mol. The standard InChI is InChI=1S/C47H42O8S2/c1-2-3-30-53-47(52)41-31-40(54-45(50)38-20-12-34(13-21-38)6-4-32-8-16-36(17-9-32)43(56)26-28-48)24-25-42(41)55-46(51)39-22-14-35(15-23-39)7-5-33-10-18-37(19-11-33)44(57)27-29-49/h8-25,31,43-44,48-49,56-57H,2-3,26-30H2,1H3. The van der Waals surface area contributed by atoms with Crippen molar-refractivity contribution in [2.45, 2.75) is 43.1 Å². The quantitative estimate of drug-likeness (QED) is 0.0290. The molecule has 0 aromatic heterocycles. The molecule has 5 aromatic carbocycles. The smallest absolute Gasteiger partial charge is 0.343 e. The first-order chi connectivity index (χ1) is 27.7. The normalized spacial score (nSPS) is 11.5. The molecule has 2 atom stereocenters. The minimum Gasteiger partial charge on any atom is -0.462 e. The molecule has 8 nitrogen and oxygen atoms in total. The van der Waals surface area contributed by atoms with Crippen molar-refractivity contribution in [2.75, 3.05) is 19.8 Å². The largest absolute Gasteiger partial charge is 0.462 e. The fraction of sp³-hybridized carbons (Fsp3) is 0.213. The number of ether oxygens (including phenoxy) is 3. The number of hydrogen-bond acceptors (Lipinski definition) is 10. The Balaban J connectivity index is 1.24. The molecule has 5 aromatic rings. The van der Waals surface area contributed by atoms with E-state index in [2.05, 4.69) is 48.9 Å². The predicted octanol–water partition coefficient (Wildman–Crippen LogP) is 8.59. The van der Waals surface area contributed by atoms with E-state index >= 15 is 0 Å². The molecule has 0 aliphatic rings. The van der Waals surface area contributed by atoms with E-state index in [0.717, 1.165) is 28.7 Å². The van der Waals surface area contributed by atoms with Crippen LogP contribution in [-0.4, -0.2) is 47.9 Å². The summed E-state index contributed by atoms with van der Waals surface area (Å²) >= 11 is 9.00. The second kappa shape index (κ2) is 21.5. The highest BCUT2D eigenvalue weighted by Gasteiger charge is 2.21. The van der Waals surface area contributed by atoms with Gasteiger partial charge in [-0.3, -0.25) is 0 Å². The third-order valence-electron chi connectivity index (χ3n) is 8.65. The van der Waals surface area contributed by atoms with Crippen molar-refractivity contribution in [2.24, 2.45) is 0 Å². The van der Waals surface area contributed by atoms with Crippen molar-refractivity contribution >= 4 is 43.2 Å². The maximum Gasteiger partial charge on any atom is 0.343 e. The van der Waals surface area contributed by atoms with Crippen LogP contribution in [0.5, 0.6) is 11.5 Å². The number of carbonyl (C=O) groups is 3. The molecule has 0 aliphatic carbocycles. The summed E-state index contributed by atoms with van der Waals surface area (Å²) in [6.45, 7) is 2.26. The van der Waals surface area contributed by atoms with Crippen LogP contribution in [0, 0.1) is 23.7 Å². The summed E-state index contributed by atoms with van der Waals surface area (Å²) in [7, 11) is 0. The SMILES string of the molecule is CCCCOC(=O)c1cc(OC(=O)c2ccc(C#Cc3ccc(C(S)CCO)cc3)cc2)ccc1OC(=O)c1ccc(C#Cc2ccc(C(S)CCO)cc2)cc1. The van der Waals surface area contributed by atoms with Crippen molar-refractivity contribution in [3.8, 4) is 35.2 Å². The van der Waals surface area contributed by atoms with Crippen molar-refractivity contribution in [3.05, 3.63) is 165 Å². The van der Waals surface area contributed by atoms with Crippen LogP contribution in [0.2, 0.25) is 0 Å². The van der Waals surface area contributed by atoms with E-state index in [1.807, 2.05) is 55.5 Å². The van der Waals surface area contributed by atoms with Crippen LogP contribution in [0.25, 0.3) is 0 Å². The summed E-state index contributed by atoms with van der Waals surface area (Å²) < 4.78 is 16.7. The minimum absolute atomic E-state index is 0.0461. The number of carbonyl (C=O) groups excluding carboxylic acids is 3. The van der Waals surface area contributed by atoms with Gasteiger partial charge in [0.05, 0.1) is 17.7 Å². The van der Waals surface area contributed by atoms with Crippen molar-refractivity contribution in [3.63, 3.8) is 0 Å². The summed E-state index contributed by atoms with van der Waals surface area (Å²) in [6.07, 6.45) is 2.58. The number of rotatable bonds is 14. The van der Waals surface area contributed by atoms with Crippen LogP contribution in [0.3, 0.4) is 0 Å². The van der Waals surface area contributed by atoms with Gasteiger partial charge in [0.25, 0.3) is 0 Å². The average Bonchev–Trinajstić information content (AvgIpc) is 3.23. The minimum atomic E-state index is -0.728. The zero-order valence-corrected chi connectivity index (χ0v) is 33.1. The van der Waals surface area contributed by atoms with Gasteiger partial charge >= 0.3 is 17.9 Å². The molecule has 290 valence electrons. The van der Waals surface area contributed by atoms with Gasteiger partial charge in [-0.2, -0.15) is 25.3 Å². The van der Waals surface area contributed by atoms with Crippen molar-refractivity contribution in [1.82, 2.24) is 0 Å². The lowest BCUT2D eigenvalue weighted by Crippen LogP contribution is -2.14. The Hall–Kier alpha value is -5.75. The monoisotopic (exact) mass is 798 g/mol. The number of thiol groups is 2. The number of unbranched alkanes of at least 4 members (excludes halogenated alkanes) is 1. The van der Waals surface area contributed by atoms with Gasteiger partial charge in [0.15, 0.2) is 0 Å². The molecule has 2 unspecified atom stereocenters. The fourth-order valence-corrected chi connectivity index (χ4v) is 5.93. The Labute approximate surface area is 344 Å². The van der Waals surface area contributed by atoms with Gasteiger partial charge in [0.2, 0.25) is 0 Å². The number of esters is 3. The van der Waals surface area contributed by atoms with E-state index in [4.69, 9.17) is 24.4 Å². The van der Waals surface area contributed by atoms with Crippen LogP contribution in [0.1, 0.15) is 108 Å². The lowest BCUT2D eigenvalue weighted by Gasteiger charge is -2.12. The van der Waals surface area contributed by atoms with Crippen LogP contribution in [0.4, 0.5) is 0 Å². The molecule has 0 fully saturated rings. The lowest BCUT2D eigenvalue weighted by atomic mass is 10.1. The van der Waals surface area contributed by atoms with Crippen LogP contribution >= 0.6 is 25.3 Å². The molecular formula is C47H42O8S2. The molecule has 0 heterocycles. The Morgan fingerprint density at radius 1 is 0.579 bits per heavy atom. The average molecular weight is 799 g/mol. The second-order valence-electron chi connectivity index (χ2n) is 12.9. The summed E-state index contributed by atoms with van der Waals surface area (Å²) in [5, 5.41) is 18.2. The van der Waals surface area contributed by atoms with Gasteiger partial charge in [-0.25, -0.2) is 14.4 Å². The van der Waals surface area contributed by atoms with Crippen molar-refractivity contribution < 1.29 is 38.8 Å².